The number of methoxy groups -OCH3 is 1. The van der Waals surface area contributed by atoms with Crippen molar-refractivity contribution in [1.29, 1.82) is 0 Å². The van der Waals surface area contributed by atoms with Crippen LogP contribution in [-0.4, -0.2) is 50.1 Å². The van der Waals surface area contributed by atoms with E-state index in [1.165, 1.54) is 12.1 Å². The largest absolute Gasteiger partial charge is 0.482 e. The van der Waals surface area contributed by atoms with Crippen molar-refractivity contribution in [2.75, 3.05) is 20.3 Å². The summed E-state index contributed by atoms with van der Waals surface area (Å²) in [6.45, 7) is 3.37. The van der Waals surface area contributed by atoms with Crippen molar-refractivity contribution >= 4 is 11.9 Å². The Labute approximate surface area is 155 Å². The summed E-state index contributed by atoms with van der Waals surface area (Å²) in [6, 6.07) is 6.16. The quantitative estimate of drug-likeness (QED) is 0.634. The molecular weight excluding hydrogens is 369 g/mol. The molecule has 0 bridgehead atoms. The van der Waals surface area contributed by atoms with Crippen LogP contribution >= 0.6 is 0 Å². The molecule has 1 atom stereocenters. The summed E-state index contributed by atoms with van der Waals surface area (Å²) in [4.78, 5) is 23.2. The number of carbonyl (C=O) groups excluding carboxylic acids is 2. The Morgan fingerprint density at radius 3 is 2.15 bits per heavy atom. The van der Waals surface area contributed by atoms with Crippen LogP contribution in [0.2, 0.25) is 0 Å². The van der Waals surface area contributed by atoms with Crippen molar-refractivity contribution in [3.8, 4) is 5.75 Å². The average molecular weight is 392 g/mol. The monoisotopic (exact) mass is 392 g/mol. The van der Waals surface area contributed by atoms with Crippen LogP contribution in [0.15, 0.2) is 24.3 Å². The van der Waals surface area contributed by atoms with Crippen LogP contribution in [0, 0.1) is 0 Å². The molecule has 0 fully saturated rings. The predicted octanol–water partition coefficient (Wildman–Crippen LogP) is 3.07. The van der Waals surface area contributed by atoms with Crippen LogP contribution in [-0.2, 0) is 30.2 Å². The van der Waals surface area contributed by atoms with E-state index in [-0.39, 0.29) is 13.0 Å². The summed E-state index contributed by atoms with van der Waals surface area (Å²) >= 11 is 0. The van der Waals surface area contributed by atoms with Crippen LogP contribution in [0.5, 0.6) is 5.75 Å². The Morgan fingerprint density at radius 2 is 1.67 bits per heavy atom. The molecule has 152 valence electrons. The average Bonchev–Trinajstić information content (AvgIpc) is 2.54. The molecule has 0 saturated heterocycles. The van der Waals surface area contributed by atoms with Gasteiger partial charge in [-0.3, -0.25) is 0 Å². The third-order valence-electron chi connectivity index (χ3n) is 3.03. The summed E-state index contributed by atoms with van der Waals surface area (Å²) in [5, 5.41) is 0. The molecule has 9 heteroatoms. The molecule has 27 heavy (non-hydrogen) atoms. The SMILES string of the molecule is COC(=O)C(Cc1ccc(OCC(=O)OC(C)(C)C)cc1)OCC(F)(F)F. The number of hydrogen-bond donors (Lipinski definition) is 0. The number of alkyl halides is 3. The van der Waals surface area contributed by atoms with E-state index in [4.69, 9.17) is 9.47 Å². The first-order chi connectivity index (χ1) is 12.4. The summed E-state index contributed by atoms with van der Waals surface area (Å²) in [6.07, 6.45) is -6.04. The highest BCUT2D eigenvalue weighted by Crippen LogP contribution is 2.19. The maximum Gasteiger partial charge on any atom is 0.411 e. The lowest BCUT2D eigenvalue weighted by Gasteiger charge is -2.19. The molecule has 0 aromatic heterocycles. The normalized spacial score (nSPS) is 13.0. The molecular formula is C18H23F3O6. The zero-order chi connectivity index (χ0) is 20.7. The third-order valence-corrected chi connectivity index (χ3v) is 3.03. The van der Waals surface area contributed by atoms with Crippen molar-refractivity contribution in [3.63, 3.8) is 0 Å². The molecule has 0 heterocycles. The first kappa shape index (κ1) is 22.8. The summed E-state index contributed by atoms with van der Waals surface area (Å²) < 4.78 is 56.4. The van der Waals surface area contributed by atoms with Crippen LogP contribution in [0.25, 0.3) is 0 Å². The van der Waals surface area contributed by atoms with Gasteiger partial charge in [-0.05, 0) is 38.5 Å². The van der Waals surface area contributed by atoms with Gasteiger partial charge in [-0.15, -0.1) is 0 Å². The second-order valence-electron chi connectivity index (χ2n) is 6.66. The number of ether oxygens (including phenoxy) is 4. The molecule has 0 aliphatic heterocycles. The highest BCUT2D eigenvalue weighted by molar-refractivity contribution is 5.75. The molecule has 6 nitrogen and oxygen atoms in total. The fraction of sp³-hybridized carbons (Fsp3) is 0.556. The van der Waals surface area contributed by atoms with Crippen molar-refractivity contribution in [2.24, 2.45) is 0 Å². The number of hydrogen-bond acceptors (Lipinski definition) is 6. The van der Waals surface area contributed by atoms with Gasteiger partial charge in [0.15, 0.2) is 12.7 Å². The Balaban J connectivity index is 2.62. The van der Waals surface area contributed by atoms with E-state index >= 15 is 0 Å². The van der Waals surface area contributed by atoms with E-state index < -0.39 is 36.4 Å². The second-order valence-corrected chi connectivity index (χ2v) is 6.66. The minimum atomic E-state index is -4.55. The Morgan fingerprint density at radius 1 is 1.07 bits per heavy atom. The Kier molecular flexibility index (Phi) is 8.08. The van der Waals surface area contributed by atoms with Gasteiger partial charge in [0, 0.05) is 6.42 Å². The van der Waals surface area contributed by atoms with Gasteiger partial charge in [0.25, 0.3) is 0 Å². The molecule has 0 saturated carbocycles. The molecule has 1 rings (SSSR count). The third kappa shape index (κ3) is 9.83. The molecule has 0 spiro atoms. The van der Waals surface area contributed by atoms with Crippen molar-refractivity contribution in [1.82, 2.24) is 0 Å². The van der Waals surface area contributed by atoms with Crippen LogP contribution in [0.3, 0.4) is 0 Å². The van der Waals surface area contributed by atoms with Crippen molar-refractivity contribution < 1.29 is 41.7 Å². The number of esters is 2. The standard InChI is InChI=1S/C18H23F3O6/c1-17(2,3)27-15(22)10-25-13-7-5-12(6-8-13)9-14(16(23)24-4)26-11-18(19,20)21/h5-8,14H,9-11H2,1-4H3. The van der Waals surface area contributed by atoms with E-state index in [1.54, 1.807) is 32.9 Å². The summed E-state index contributed by atoms with van der Waals surface area (Å²) in [5.41, 5.74) is -0.0823. The maximum atomic E-state index is 12.3. The predicted molar refractivity (Wildman–Crippen MR) is 89.3 cm³/mol. The van der Waals surface area contributed by atoms with Gasteiger partial charge in [-0.1, -0.05) is 12.1 Å². The van der Waals surface area contributed by atoms with E-state index in [1.807, 2.05) is 0 Å². The summed E-state index contributed by atoms with van der Waals surface area (Å²) in [7, 11) is 1.07. The lowest BCUT2D eigenvalue weighted by atomic mass is 10.1. The molecule has 0 aliphatic carbocycles. The van der Waals surface area contributed by atoms with Gasteiger partial charge in [0.05, 0.1) is 7.11 Å². The molecule has 1 aromatic carbocycles. The van der Waals surface area contributed by atoms with Gasteiger partial charge in [0.1, 0.15) is 18.0 Å². The lowest BCUT2D eigenvalue weighted by Crippen LogP contribution is -2.32. The Bertz CT molecular complexity index is 619. The highest BCUT2D eigenvalue weighted by Gasteiger charge is 2.31. The maximum absolute atomic E-state index is 12.3. The van der Waals surface area contributed by atoms with E-state index in [2.05, 4.69) is 9.47 Å². The molecule has 0 amide bonds. The number of carbonyl (C=O) groups is 2. The number of rotatable bonds is 8. The van der Waals surface area contributed by atoms with Gasteiger partial charge < -0.3 is 18.9 Å². The fourth-order valence-corrected chi connectivity index (χ4v) is 1.99. The van der Waals surface area contributed by atoms with E-state index in [0.29, 0.717) is 11.3 Å². The van der Waals surface area contributed by atoms with Gasteiger partial charge >= 0.3 is 18.1 Å². The molecule has 0 radical (unpaired) electrons. The number of benzene rings is 1. The van der Waals surface area contributed by atoms with Crippen molar-refractivity contribution in [2.45, 2.75) is 45.1 Å². The second kappa shape index (κ2) is 9.59. The number of halogens is 3. The molecule has 0 N–H and O–H groups in total. The van der Waals surface area contributed by atoms with Crippen molar-refractivity contribution in [3.05, 3.63) is 29.8 Å². The first-order valence-electron chi connectivity index (χ1n) is 8.09. The van der Waals surface area contributed by atoms with E-state index in [0.717, 1.165) is 7.11 Å². The first-order valence-corrected chi connectivity index (χ1v) is 8.09. The highest BCUT2D eigenvalue weighted by atomic mass is 19.4. The van der Waals surface area contributed by atoms with Crippen LogP contribution in [0.4, 0.5) is 13.2 Å². The van der Waals surface area contributed by atoms with Crippen LogP contribution < -0.4 is 4.74 Å². The van der Waals surface area contributed by atoms with Gasteiger partial charge in [-0.25, -0.2) is 9.59 Å². The topological polar surface area (TPSA) is 71.1 Å². The van der Waals surface area contributed by atoms with Gasteiger partial charge in [0.2, 0.25) is 0 Å². The zero-order valence-corrected chi connectivity index (χ0v) is 15.6. The molecule has 0 aliphatic rings. The zero-order valence-electron chi connectivity index (χ0n) is 15.6. The Hall–Kier alpha value is -2.29. The molecule has 1 aromatic rings. The summed E-state index contributed by atoms with van der Waals surface area (Å²) in [5.74, 6) is -1.06. The fourth-order valence-electron chi connectivity index (χ4n) is 1.99. The molecule has 1 unspecified atom stereocenters. The minimum Gasteiger partial charge on any atom is -0.482 e. The van der Waals surface area contributed by atoms with Crippen LogP contribution in [0.1, 0.15) is 26.3 Å². The smallest absolute Gasteiger partial charge is 0.411 e. The van der Waals surface area contributed by atoms with Gasteiger partial charge in [-0.2, -0.15) is 13.2 Å². The minimum absolute atomic E-state index is 0.102. The lowest BCUT2D eigenvalue weighted by molar-refractivity contribution is -0.193. The van der Waals surface area contributed by atoms with E-state index in [9.17, 15) is 22.8 Å².